The fourth-order valence-electron chi connectivity index (χ4n) is 6.27. The Morgan fingerprint density at radius 1 is 0.875 bits per heavy atom. The number of amides is 1. The van der Waals surface area contributed by atoms with Crippen molar-refractivity contribution in [2.75, 3.05) is 37.5 Å². The largest absolute Gasteiger partial charge is 0.383 e. The van der Waals surface area contributed by atoms with Crippen LogP contribution in [-0.2, 0) is 16.0 Å². The van der Waals surface area contributed by atoms with Crippen molar-refractivity contribution in [3.63, 3.8) is 0 Å². The monoisotopic (exact) mass is 646 g/mol. The van der Waals surface area contributed by atoms with E-state index in [0.717, 1.165) is 61.2 Å². The fourth-order valence-corrected chi connectivity index (χ4v) is 6.27. The highest BCUT2D eigenvalue weighted by Gasteiger charge is 2.21. The second kappa shape index (κ2) is 13.9. The lowest BCUT2D eigenvalue weighted by atomic mass is 9.99. The van der Waals surface area contributed by atoms with Crippen LogP contribution in [0.1, 0.15) is 47.6 Å². The molecule has 0 aliphatic carbocycles. The van der Waals surface area contributed by atoms with Crippen LogP contribution >= 0.6 is 0 Å². The van der Waals surface area contributed by atoms with Crippen LogP contribution < -0.4 is 16.5 Å². The Bertz CT molecular complexity index is 1960. The number of nitrogens with zero attached hydrogens (tertiary/aromatic N) is 6. The third-order valence-electron chi connectivity index (χ3n) is 9.10. The first-order chi connectivity index (χ1) is 23.4. The third-order valence-corrected chi connectivity index (χ3v) is 9.10. The number of nitrogens with two attached hydrogens (primary N) is 1. The van der Waals surface area contributed by atoms with Crippen molar-refractivity contribution in [2.24, 2.45) is 5.92 Å². The van der Waals surface area contributed by atoms with Gasteiger partial charge in [-0.2, -0.15) is 5.10 Å². The minimum atomic E-state index is -0.554. The maximum Gasteiger partial charge on any atom is 0.262 e. The summed E-state index contributed by atoms with van der Waals surface area (Å²) >= 11 is 0. The highest BCUT2D eigenvalue weighted by Crippen LogP contribution is 2.30. The lowest BCUT2D eigenvalue weighted by molar-refractivity contribution is 0.0612. The summed E-state index contributed by atoms with van der Waals surface area (Å²) in [7, 11) is 0. The van der Waals surface area contributed by atoms with Gasteiger partial charge in [0.25, 0.3) is 5.91 Å². The first-order valence-corrected chi connectivity index (χ1v) is 16.3. The number of rotatable bonds is 8. The van der Waals surface area contributed by atoms with Gasteiger partial charge in [0.2, 0.25) is 5.43 Å². The molecule has 0 bridgehead atoms. The summed E-state index contributed by atoms with van der Waals surface area (Å²) in [5.74, 6) is 0.353. The van der Waals surface area contributed by atoms with Crippen molar-refractivity contribution < 1.29 is 14.3 Å². The molecule has 246 valence electrons. The van der Waals surface area contributed by atoms with Crippen molar-refractivity contribution in [2.45, 2.75) is 45.2 Å². The van der Waals surface area contributed by atoms with Gasteiger partial charge in [0.15, 0.2) is 5.82 Å². The van der Waals surface area contributed by atoms with Crippen molar-refractivity contribution in [3.8, 4) is 33.5 Å². The topological polar surface area (TPSA) is 152 Å². The van der Waals surface area contributed by atoms with E-state index in [1.807, 2.05) is 65.1 Å². The SMILES string of the molecule is Cc1ccc(-c2cn(CC3CCOCC3)cc(C(=O)Nc3ccc(-c4cc(-c5cnn(C6CCOCC6)c5)cnc4N)nn3)c2=O)cc1. The summed E-state index contributed by atoms with van der Waals surface area (Å²) in [6.45, 7) is 5.57. The van der Waals surface area contributed by atoms with Crippen molar-refractivity contribution >= 4 is 17.5 Å². The molecule has 5 aromatic rings. The molecule has 0 saturated carbocycles. The van der Waals surface area contributed by atoms with Crippen LogP contribution in [0, 0.1) is 12.8 Å². The average molecular weight is 647 g/mol. The molecule has 2 saturated heterocycles. The predicted molar refractivity (Wildman–Crippen MR) is 182 cm³/mol. The summed E-state index contributed by atoms with van der Waals surface area (Å²) in [6, 6.07) is 13.3. The van der Waals surface area contributed by atoms with Crippen LogP contribution in [0.15, 0.2) is 78.2 Å². The second-order valence-corrected chi connectivity index (χ2v) is 12.5. The number of aromatic nitrogens is 6. The van der Waals surface area contributed by atoms with E-state index in [1.165, 1.54) is 0 Å². The molecular weight excluding hydrogens is 608 g/mol. The normalized spacial score (nSPS) is 15.8. The number of pyridine rings is 2. The number of nitrogens with one attached hydrogen (secondary N) is 1. The van der Waals surface area contributed by atoms with Gasteiger partial charge in [-0.05, 0) is 62.3 Å². The molecule has 2 aliphatic rings. The summed E-state index contributed by atoms with van der Waals surface area (Å²) in [6.07, 6.45) is 12.7. The van der Waals surface area contributed by atoms with Crippen LogP contribution in [0.3, 0.4) is 0 Å². The van der Waals surface area contributed by atoms with Crippen molar-refractivity contribution in [1.82, 2.24) is 29.5 Å². The highest BCUT2D eigenvalue weighted by molar-refractivity contribution is 6.04. The number of carbonyl (C=O) groups excluding carboxylic acids is 1. The smallest absolute Gasteiger partial charge is 0.262 e. The van der Waals surface area contributed by atoms with Gasteiger partial charge in [-0.1, -0.05) is 29.8 Å². The Balaban J connectivity index is 1.12. The molecule has 1 amide bonds. The van der Waals surface area contributed by atoms with E-state index >= 15 is 0 Å². The maximum absolute atomic E-state index is 13.7. The van der Waals surface area contributed by atoms with Gasteiger partial charge in [0, 0.05) is 80.0 Å². The van der Waals surface area contributed by atoms with E-state index in [2.05, 4.69) is 25.6 Å². The number of hydrogen-bond donors (Lipinski definition) is 2. The quantitative estimate of drug-likeness (QED) is 0.233. The molecule has 6 heterocycles. The summed E-state index contributed by atoms with van der Waals surface area (Å²) in [4.78, 5) is 31.7. The van der Waals surface area contributed by atoms with Crippen LogP contribution in [0.5, 0.6) is 0 Å². The number of nitrogen functional groups attached to an aromatic ring is 1. The number of ether oxygens (including phenoxy) is 2. The molecule has 12 nitrogen and oxygen atoms in total. The molecule has 48 heavy (non-hydrogen) atoms. The van der Waals surface area contributed by atoms with Crippen molar-refractivity contribution in [3.05, 3.63) is 94.8 Å². The molecule has 4 aromatic heterocycles. The molecular formula is C36H38N8O4. The van der Waals surface area contributed by atoms with Crippen LogP contribution in [-0.4, -0.2) is 61.9 Å². The standard InChI is InChI=1S/C36H38N8O4/c1-23-2-4-25(5-3-23)30-21-43(19-24-8-12-47-13-9-24)22-31(34(30)45)36(46)40-33-7-6-32(41-42-33)29-16-26(17-38-35(29)37)27-18-39-44(20-27)28-10-14-48-15-11-28/h2-7,16-18,20-22,24,28H,8-15,19H2,1H3,(H2,37,38)(H,40,42,46). The summed E-state index contributed by atoms with van der Waals surface area (Å²) in [5.41, 5.74) is 11.1. The first-order valence-electron chi connectivity index (χ1n) is 16.3. The number of hydrogen-bond acceptors (Lipinski definition) is 9. The minimum absolute atomic E-state index is 0.0356. The van der Waals surface area contributed by atoms with Gasteiger partial charge in [-0.3, -0.25) is 14.3 Å². The van der Waals surface area contributed by atoms with E-state index < -0.39 is 5.91 Å². The van der Waals surface area contributed by atoms with E-state index in [-0.39, 0.29) is 16.8 Å². The zero-order valence-electron chi connectivity index (χ0n) is 26.8. The van der Waals surface area contributed by atoms with Gasteiger partial charge in [0.1, 0.15) is 11.4 Å². The molecule has 0 atom stereocenters. The molecule has 0 radical (unpaired) electrons. The average Bonchev–Trinajstić information content (AvgIpc) is 3.61. The number of anilines is 2. The molecule has 1 aromatic carbocycles. The van der Waals surface area contributed by atoms with E-state index in [9.17, 15) is 9.59 Å². The van der Waals surface area contributed by atoms with E-state index in [1.54, 1.807) is 24.5 Å². The number of benzene rings is 1. The first kappa shape index (κ1) is 31.4. The Morgan fingerprint density at radius 2 is 1.62 bits per heavy atom. The number of aryl methyl sites for hydroxylation is 1. The minimum Gasteiger partial charge on any atom is -0.383 e. The molecule has 0 spiro atoms. The maximum atomic E-state index is 13.7. The number of carbonyl (C=O) groups is 1. The zero-order valence-corrected chi connectivity index (χ0v) is 26.8. The molecule has 12 heteroatoms. The Labute approximate surface area is 277 Å². The molecule has 2 aliphatic heterocycles. The lowest BCUT2D eigenvalue weighted by Gasteiger charge is -2.23. The van der Waals surface area contributed by atoms with Gasteiger partial charge in [-0.25, -0.2) is 4.98 Å². The van der Waals surface area contributed by atoms with Gasteiger partial charge >= 0.3 is 0 Å². The van der Waals surface area contributed by atoms with Gasteiger partial charge in [0.05, 0.1) is 17.9 Å². The lowest BCUT2D eigenvalue weighted by Crippen LogP contribution is -2.27. The summed E-state index contributed by atoms with van der Waals surface area (Å²) in [5, 5.41) is 15.9. The molecule has 3 N–H and O–H groups in total. The zero-order chi connectivity index (χ0) is 33.0. The molecule has 0 unspecified atom stereocenters. The molecule has 7 rings (SSSR count). The third kappa shape index (κ3) is 6.90. The predicted octanol–water partition coefficient (Wildman–Crippen LogP) is 5.15. The van der Waals surface area contributed by atoms with Crippen LogP contribution in [0.2, 0.25) is 0 Å². The molecule has 2 fully saturated rings. The Morgan fingerprint density at radius 3 is 2.35 bits per heavy atom. The Kier molecular flexibility index (Phi) is 9.08. The highest BCUT2D eigenvalue weighted by atomic mass is 16.5. The second-order valence-electron chi connectivity index (χ2n) is 12.5. The van der Waals surface area contributed by atoms with E-state index in [0.29, 0.717) is 54.4 Å². The summed E-state index contributed by atoms with van der Waals surface area (Å²) < 4.78 is 14.9. The Hall–Kier alpha value is -5.20. The van der Waals surface area contributed by atoms with Gasteiger partial charge < -0.3 is 25.1 Å². The van der Waals surface area contributed by atoms with Crippen LogP contribution in [0.4, 0.5) is 11.6 Å². The van der Waals surface area contributed by atoms with E-state index in [4.69, 9.17) is 15.2 Å². The van der Waals surface area contributed by atoms with Gasteiger partial charge in [-0.15, -0.1) is 10.2 Å². The van der Waals surface area contributed by atoms with Crippen molar-refractivity contribution in [1.29, 1.82) is 0 Å². The van der Waals surface area contributed by atoms with Crippen LogP contribution in [0.25, 0.3) is 33.5 Å². The fraction of sp³-hybridized carbons (Fsp3) is 0.333.